The number of alkyl halides is 3. The van der Waals surface area contributed by atoms with Crippen molar-refractivity contribution in [2.24, 2.45) is 5.73 Å². The fraction of sp³-hybridized carbons (Fsp3) is 0.533. The van der Waals surface area contributed by atoms with Gasteiger partial charge in [-0.15, -0.1) is 0 Å². The zero-order valence-electron chi connectivity index (χ0n) is 12.5. The summed E-state index contributed by atoms with van der Waals surface area (Å²) in [6, 6.07) is 6.30. The van der Waals surface area contributed by atoms with Gasteiger partial charge in [0.2, 0.25) is 5.91 Å². The standard InChI is InChI=1S/C15H21F3N2O2/c1-2-3-13(19)14(21)20-8-11-4-6-12(7-5-11)9-22-10-15(16,17)18/h4-7,13H,2-3,8-10,19H2,1H3,(H,20,21). The zero-order chi connectivity index (χ0) is 16.6. The molecule has 3 N–H and O–H groups in total. The molecule has 1 rings (SSSR count). The second-order valence-corrected chi connectivity index (χ2v) is 5.04. The van der Waals surface area contributed by atoms with Gasteiger partial charge in [-0.3, -0.25) is 4.79 Å². The molecule has 0 bridgehead atoms. The molecule has 1 unspecified atom stereocenters. The lowest BCUT2D eigenvalue weighted by molar-refractivity contribution is -0.176. The van der Waals surface area contributed by atoms with Crippen molar-refractivity contribution in [3.63, 3.8) is 0 Å². The number of halogens is 3. The highest BCUT2D eigenvalue weighted by atomic mass is 19.4. The zero-order valence-corrected chi connectivity index (χ0v) is 12.5. The normalized spacial score (nSPS) is 13.0. The molecule has 1 aromatic rings. The van der Waals surface area contributed by atoms with E-state index >= 15 is 0 Å². The minimum Gasteiger partial charge on any atom is -0.367 e. The number of nitrogens with one attached hydrogen (secondary N) is 1. The van der Waals surface area contributed by atoms with E-state index in [0.717, 1.165) is 12.0 Å². The van der Waals surface area contributed by atoms with Crippen LogP contribution in [0.3, 0.4) is 0 Å². The third kappa shape index (κ3) is 7.42. The summed E-state index contributed by atoms with van der Waals surface area (Å²) in [5.41, 5.74) is 7.17. The summed E-state index contributed by atoms with van der Waals surface area (Å²) in [6.45, 7) is 0.917. The first-order valence-electron chi connectivity index (χ1n) is 7.07. The highest BCUT2D eigenvalue weighted by molar-refractivity contribution is 5.81. The average Bonchev–Trinajstić information content (AvgIpc) is 2.45. The lowest BCUT2D eigenvalue weighted by Gasteiger charge is -2.11. The van der Waals surface area contributed by atoms with Gasteiger partial charge in [-0.1, -0.05) is 37.6 Å². The van der Waals surface area contributed by atoms with Gasteiger partial charge in [-0.2, -0.15) is 13.2 Å². The van der Waals surface area contributed by atoms with Crippen LogP contribution in [0.2, 0.25) is 0 Å². The van der Waals surface area contributed by atoms with E-state index in [0.29, 0.717) is 18.5 Å². The molecule has 0 fully saturated rings. The molecule has 0 aliphatic rings. The Morgan fingerprint density at radius 2 is 1.86 bits per heavy atom. The van der Waals surface area contributed by atoms with E-state index in [1.807, 2.05) is 6.92 Å². The minimum absolute atomic E-state index is 0.104. The van der Waals surface area contributed by atoms with Crippen LogP contribution < -0.4 is 11.1 Å². The number of nitrogens with two attached hydrogens (primary N) is 1. The summed E-state index contributed by atoms with van der Waals surface area (Å²) in [5, 5.41) is 2.72. The Labute approximate surface area is 127 Å². The Hall–Kier alpha value is -1.60. The number of carbonyl (C=O) groups excluding carboxylic acids is 1. The lowest BCUT2D eigenvalue weighted by atomic mass is 10.1. The average molecular weight is 318 g/mol. The van der Waals surface area contributed by atoms with E-state index in [2.05, 4.69) is 10.1 Å². The van der Waals surface area contributed by atoms with Crippen molar-refractivity contribution in [2.75, 3.05) is 6.61 Å². The van der Waals surface area contributed by atoms with Crippen LogP contribution in [0.1, 0.15) is 30.9 Å². The van der Waals surface area contributed by atoms with Gasteiger partial charge in [-0.05, 0) is 17.5 Å². The molecule has 22 heavy (non-hydrogen) atoms. The Kier molecular flexibility index (Phi) is 7.34. The fourth-order valence-electron chi connectivity index (χ4n) is 1.80. The number of amides is 1. The van der Waals surface area contributed by atoms with Gasteiger partial charge < -0.3 is 15.8 Å². The summed E-state index contributed by atoms with van der Waals surface area (Å²) in [5.74, 6) is -0.209. The Bertz CT molecular complexity index is 461. The minimum atomic E-state index is -4.32. The number of hydrogen-bond acceptors (Lipinski definition) is 3. The maximum atomic E-state index is 11.9. The van der Waals surface area contributed by atoms with Crippen LogP contribution in [0.25, 0.3) is 0 Å². The number of benzene rings is 1. The molecular formula is C15H21F3N2O2. The summed E-state index contributed by atoms with van der Waals surface area (Å²) in [7, 11) is 0. The van der Waals surface area contributed by atoms with Gasteiger partial charge in [0.1, 0.15) is 6.61 Å². The monoisotopic (exact) mass is 318 g/mol. The molecule has 0 aliphatic heterocycles. The molecule has 0 spiro atoms. The van der Waals surface area contributed by atoms with Gasteiger partial charge in [0, 0.05) is 6.54 Å². The Morgan fingerprint density at radius 3 is 2.41 bits per heavy atom. The van der Waals surface area contributed by atoms with Crippen molar-refractivity contribution in [3.05, 3.63) is 35.4 Å². The van der Waals surface area contributed by atoms with E-state index in [4.69, 9.17) is 5.73 Å². The topological polar surface area (TPSA) is 64.4 Å². The van der Waals surface area contributed by atoms with Crippen LogP contribution in [0, 0.1) is 0 Å². The van der Waals surface area contributed by atoms with Crippen LogP contribution in [0.4, 0.5) is 13.2 Å². The third-order valence-corrected chi connectivity index (χ3v) is 2.96. The predicted octanol–water partition coefficient (Wildman–Crippen LogP) is 2.51. The van der Waals surface area contributed by atoms with E-state index in [1.54, 1.807) is 24.3 Å². The lowest BCUT2D eigenvalue weighted by Crippen LogP contribution is -2.40. The molecule has 7 heteroatoms. The third-order valence-electron chi connectivity index (χ3n) is 2.96. The second kappa shape index (κ2) is 8.75. The molecule has 0 saturated heterocycles. The Morgan fingerprint density at radius 1 is 1.27 bits per heavy atom. The fourth-order valence-corrected chi connectivity index (χ4v) is 1.80. The molecular weight excluding hydrogens is 297 g/mol. The number of rotatable bonds is 8. The highest BCUT2D eigenvalue weighted by Crippen LogP contribution is 2.15. The first kappa shape index (κ1) is 18.4. The molecule has 1 amide bonds. The first-order valence-corrected chi connectivity index (χ1v) is 7.07. The summed E-state index contributed by atoms with van der Waals surface area (Å²) < 4.78 is 40.4. The van der Waals surface area contributed by atoms with Crippen molar-refractivity contribution in [1.82, 2.24) is 5.32 Å². The second-order valence-electron chi connectivity index (χ2n) is 5.04. The summed E-state index contributed by atoms with van der Waals surface area (Å²) in [6.07, 6.45) is -2.86. The molecule has 0 heterocycles. The largest absolute Gasteiger partial charge is 0.411 e. The summed E-state index contributed by atoms with van der Waals surface area (Å²) in [4.78, 5) is 11.6. The number of carbonyl (C=O) groups is 1. The SMILES string of the molecule is CCCC(N)C(=O)NCc1ccc(COCC(F)(F)F)cc1. The molecule has 4 nitrogen and oxygen atoms in total. The van der Waals surface area contributed by atoms with E-state index in [9.17, 15) is 18.0 Å². The molecule has 1 atom stereocenters. The molecule has 0 aromatic heterocycles. The van der Waals surface area contributed by atoms with Gasteiger partial charge in [0.25, 0.3) is 0 Å². The molecule has 1 aromatic carbocycles. The highest BCUT2D eigenvalue weighted by Gasteiger charge is 2.27. The van der Waals surface area contributed by atoms with Crippen molar-refractivity contribution < 1.29 is 22.7 Å². The molecule has 0 aliphatic carbocycles. The maximum Gasteiger partial charge on any atom is 0.411 e. The maximum absolute atomic E-state index is 11.9. The number of hydrogen-bond donors (Lipinski definition) is 2. The van der Waals surface area contributed by atoms with Crippen LogP contribution in [-0.2, 0) is 22.7 Å². The summed E-state index contributed by atoms with van der Waals surface area (Å²) >= 11 is 0. The van der Waals surface area contributed by atoms with Gasteiger partial charge in [0.15, 0.2) is 0 Å². The van der Waals surface area contributed by atoms with Crippen molar-refractivity contribution >= 4 is 5.91 Å². The van der Waals surface area contributed by atoms with Crippen LogP contribution in [0.15, 0.2) is 24.3 Å². The molecule has 0 radical (unpaired) electrons. The van der Waals surface area contributed by atoms with Crippen molar-refractivity contribution in [2.45, 2.75) is 45.1 Å². The van der Waals surface area contributed by atoms with E-state index in [-0.39, 0.29) is 12.5 Å². The quantitative estimate of drug-likeness (QED) is 0.774. The first-order chi connectivity index (χ1) is 10.3. The predicted molar refractivity (Wildman–Crippen MR) is 76.9 cm³/mol. The van der Waals surface area contributed by atoms with E-state index < -0.39 is 18.8 Å². The smallest absolute Gasteiger partial charge is 0.367 e. The van der Waals surface area contributed by atoms with Crippen LogP contribution in [0.5, 0.6) is 0 Å². The van der Waals surface area contributed by atoms with Crippen LogP contribution >= 0.6 is 0 Å². The Balaban J connectivity index is 2.37. The van der Waals surface area contributed by atoms with Gasteiger partial charge in [-0.25, -0.2) is 0 Å². The number of ether oxygens (including phenoxy) is 1. The molecule has 124 valence electrons. The van der Waals surface area contributed by atoms with Crippen molar-refractivity contribution in [3.8, 4) is 0 Å². The van der Waals surface area contributed by atoms with E-state index in [1.165, 1.54) is 0 Å². The van der Waals surface area contributed by atoms with Gasteiger partial charge in [0.05, 0.1) is 12.6 Å². The van der Waals surface area contributed by atoms with Crippen LogP contribution in [-0.4, -0.2) is 24.7 Å². The van der Waals surface area contributed by atoms with Gasteiger partial charge >= 0.3 is 6.18 Å². The van der Waals surface area contributed by atoms with Crippen molar-refractivity contribution in [1.29, 1.82) is 0 Å². The molecule has 0 saturated carbocycles.